The van der Waals surface area contributed by atoms with Gasteiger partial charge in [0.05, 0.1) is 0 Å². The zero-order valence-electron chi connectivity index (χ0n) is 10.4. The van der Waals surface area contributed by atoms with Crippen molar-refractivity contribution in [2.24, 2.45) is 17.3 Å². The van der Waals surface area contributed by atoms with Gasteiger partial charge in [-0.05, 0) is 41.4 Å². The van der Waals surface area contributed by atoms with Gasteiger partial charge in [0.15, 0.2) is 5.78 Å². The van der Waals surface area contributed by atoms with Crippen LogP contribution in [0.2, 0.25) is 0 Å². The second-order valence-corrected chi connectivity index (χ2v) is 5.96. The quantitative estimate of drug-likeness (QED) is 0.667. The zero-order valence-corrected chi connectivity index (χ0v) is 10.4. The lowest BCUT2D eigenvalue weighted by Crippen LogP contribution is -2.53. The molecule has 0 aromatic heterocycles. The van der Waals surface area contributed by atoms with Crippen LogP contribution in [0, 0.1) is 17.3 Å². The maximum atomic E-state index is 12.3. The highest BCUT2D eigenvalue weighted by Crippen LogP contribution is 2.59. The fourth-order valence-corrected chi connectivity index (χ4v) is 3.28. The summed E-state index contributed by atoms with van der Waals surface area (Å²) in [4.78, 5) is 12.3. The van der Waals surface area contributed by atoms with Gasteiger partial charge in [-0.15, -0.1) is 0 Å². The van der Waals surface area contributed by atoms with E-state index in [0.717, 1.165) is 24.0 Å². The topological polar surface area (TPSA) is 17.1 Å². The van der Waals surface area contributed by atoms with E-state index in [1.807, 2.05) is 18.2 Å². The van der Waals surface area contributed by atoms with Crippen LogP contribution >= 0.6 is 0 Å². The Morgan fingerprint density at radius 3 is 2.53 bits per heavy atom. The van der Waals surface area contributed by atoms with Crippen molar-refractivity contribution in [1.82, 2.24) is 0 Å². The SMILES string of the molecule is CC1(C)C2C/C(=C/c3ccccc3)C(=O)C1C2. The lowest BCUT2D eigenvalue weighted by molar-refractivity contribution is -0.140. The molecule has 1 nitrogen and oxygen atoms in total. The Bertz CT molecular complexity index is 482. The van der Waals surface area contributed by atoms with Crippen LogP contribution in [0.5, 0.6) is 0 Å². The summed E-state index contributed by atoms with van der Waals surface area (Å²) in [6.45, 7) is 4.48. The Hall–Kier alpha value is -1.37. The fraction of sp³-hybridized carbons (Fsp3) is 0.438. The van der Waals surface area contributed by atoms with Crippen LogP contribution in [-0.2, 0) is 4.79 Å². The first-order valence-electron chi connectivity index (χ1n) is 6.39. The number of hydrogen-bond donors (Lipinski definition) is 0. The van der Waals surface area contributed by atoms with Gasteiger partial charge in [-0.3, -0.25) is 4.79 Å². The van der Waals surface area contributed by atoms with E-state index in [2.05, 4.69) is 32.1 Å². The van der Waals surface area contributed by atoms with Crippen LogP contribution in [0.1, 0.15) is 32.3 Å². The van der Waals surface area contributed by atoms with E-state index in [9.17, 15) is 4.79 Å². The highest BCUT2D eigenvalue weighted by Gasteiger charge is 2.55. The minimum absolute atomic E-state index is 0.241. The van der Waals surface area contributed by atoms with Gasteiger partial charge in [-0.2, -0.15) is 0 Å². The molecule has 0 spiro atoms. The van der Waals surface area contributed by atoms with Gasteiger partial charge in [0, 0.05) is 5.92 Å². The maximum Gasteiger partial charge on any atom is 0.162 e. The van der Waals surface area contributed by atoms with Gasteiger partial charge in [-0.25, -0.2) is 0 Å². The Morgan fingerprint density at radius 1 is 1.24 bits per heavy atom. The molecule has 0 aliphatic heterocycles. The van der Waals surface area contributed by atoms with Crippen molar-refractivity contribution < 1.29 is 4.79 Å². The molecule has 2 atom stereocenters. The standard InChI is InChI=1S/C16H18O/c1-16(2)13-9-12(15(17)14(16)10-13)8-11-6-4-3-5-7-11/h3-8,13-14H,9-10H2,1-2H3/b12-8-. The smallest absolute Gasteiger partial charge is 0.162 e. The monoisotopic (exact) mass is 226 g/mol. The van der Waals surface area contributed by atoms with Crippen molar-refractivity contribution in [3.63, 3.8) is 0 Å². The first kappa shape index (κ1) is 10.8. The summed E-state index contributed by atoms with van der Waals surface area (Å²) >= 11 is 0. The summed E-state index contributed by atoms with van der Waals surface area (Å²) in [6.07, 6.45) is 4.16. The lowest BCUT2D eigenvalue weighted by Gasteiger charge is -2.56. The van der Waals surface area contributed by atoms with Gasteiger partial charge >= 0.3 is 0 Å². The Kier molecular flexibility index (Phi) is 2.25. The molecule has 0 N–H and O–H groups in total. The van der Waals surface area contributed by atoms with Crippen molar-refractivity contribution in [2.75, 3.05) is 0 Å². The third-order valence-electron chi connectivity index (χ3n) is 4.71. The number of rotatable bonds is 1. The summed E-state index contributed by atoms with van der Waals surface area (Å²) in [5.41, 5.74) is 2.43. The molecular weight excluding hydrogens is 208 g/mol. The largest absolute Gasteiger partial charge is 0.294 e. The van der Waals surface area contributed by atoms with Crippen LogP contribution in [0.25, 0.3) is 6.08 Å². The van der Waals surface area contributed by atoms with Crippen molar-refractivity contribution in [3.05, 3.63) is 41.5 Å². The molecule has 1 heteroatoms. The van der Waals surface area contributed by atoms with Gasteiger partial charge in [0.1, 0.15) is 0 Å². The molecule has 88 valence electrons. The Balaban J connectivity index is 1.89. The van der Waals surface area contributed by atoms with Gasteiger partial charge < -0.3 is 0 Å². The fourth-order valence-electron chi connectivity index (χ4n) is 3.28. The summed E-state index contributed by atoms with van der Waals surface area (Å²) in [5.74, 6) is 1.37. The van der Waals surface area contributed by atoms with Crippen molar-refractivity contribution >= 4 is 11.9 Å². The molecule has 1 aromatic carbocycles. The Morgan fingerprint density at radius 2 is 1.94 bits per heavy atom. The predicted molar refractivity (Wildman–Crippen MR) is 69.4 cm³/mol. The third kappa shape index (κ3) is 1.56. The number of ketones is 1. The third-order valence-corrected chi connectivity index (χ3v) is 4.71. The van der Waals surface area contributed by atoms with E-state index in [1.54, 1.807) is 0 Å². The van der Waals surface area contributed by atoms with Crippen molar-refractivity contribution in [2.45, 2.75) is 26.7 Å². The van der Waals surface area contributed by atoms with Crippen LogP contribution < -0.4 is 0 Å². The molecule has 3 aliphatic rings. The van der Waals surface area contributed by atoms with Crippen LogP contribution in [0.4, 0.5) is 0 Å². The number of carbonyl (C=O) groups excluding carboxylic acids is 1. The minimum Gasteiger partial charge on any atom is -0.294 e. The van der Waals surface area contributed by atoms with E-state index in [1.165, 1.54) is 0 Å². The van der Waals surface area contributed by atoms with E-state index in [4.69, 9.17) is 0 Å². The molecular formula is C16H18O. The molecule has 0 saturated heterocycles. The molecule has 3 saturated carbocycles. The van der Waals surface area contributed by atoms with Crippen LogP contribution in [-0.4, -0.2) is 5.78 Å². The molecule has 17 heavy (non-hydrogen) atoms. The summed E-state index contributed by atoms with van der Waals surface area (Å²) < 4.78 is 0. The van der Waals surface area contributed by atoms with Gasteiger partial charge in [0.25, 0.3) is 0 Å². The van der Waals surface area contributed by atoms with Gasteiger partial charge in [0.2, 0.25) is 0 Å². The van der Waals surface area contributed by atoms with E-state index < -0.39 is 0 Å². The average Bonchev–Trinajstić information content (AvgIpc) is 2.32. The summed E-state index contributed by atoms with van der Waals surface area (Å²) in [7, 11) is 0. The summed E-state index contributed by atoms with van der Waals surface area (Å²) in [6, 6.07) is 10.2. The lowest BCUT2D eigenvalue weighted by atomic mass is 9.47. The number of benzene rings is 1. The first-order chi connectivity index (χ1) is 8.09. The first-order valence-corrected chi connectivity index (χ1v) is 6.39. The maximum absolute atomic E-state index is 12.3. The predicted octanol–water partition coefficient (Wildman–Crippen LogP) is 3.71. The van der Waals surface area contributed by atoms with Crippen LogP contribution in [0.3, 0.4) is 0 Å². The molecule has 3 fully saturated rings. The summed E-state index contributed by atoms with van der Waals surface area (Å²) in [5, 5.41) is 0. The average molecular weight is 226 g/mol. The normalized spacial score (nSPS) is 32.4. The second kappa shape index (κ2) is 3.56. The number of fused-ring (bicyclic) bond motifs is 2. The highest BCUT2D eigenvalue weighted by atomic mass is 16.1. The zero-order chi connectivity index (χ0) is 12.0. The number of Topliss-reactive ketones (excluding diaryl/α,β-unsaturated/α-hetero) is 1. The Labute approximate surface area is 103 Å². The molecule has 2 bridgehead atoms. The number of hydrogen-bond acceptors (Lipinski definition) is 1. The van der Waals surface area contributed by atoms with E-state index in [-0.39, 0.29) is 11.3 Å². The van der Waals surface area contributed by atoms with Crippen LogP contribution in [0.15, 0.2) is 35.9 Å². The molecule has 0 radical (unpaired) electrons. The molecule has 3 aliphatic carbocycles. The highest BCUT2D eigenvalue weighted by molar-refractivity contribution is 6.03. The molecule has 1 aromatic rings. The second-order valence-electron chi connectivity index (χ2n) is 5.96. The molecule has 2 unspecified atom stereocenters. The van der Waals surface area contributed by atoms with Crippen molar-refractivity contribution in [1.29, 1.82) is 0 Å². The van der Waals surface area contributed by atoms with Gasteiger partial charge in [-0.1, -0.05) is 44.2 Å². The van der Waals surface area contributed by atoms with Crippen molar-refractivity contribution in [3.8, 4) is 0 Å². The molecule has 0 heterocycles. The van der Waals surface area contributed by atoms with E-state index in [0.29, 0.717) is 11.7 Å². The van der Waals surface area contributed by atoms with E-state index >= 15 is 0 Å². The number of carbonyl (C=O) groups is 1. The molecule has 0 amide bonds. The minimum atomic E-state index is 0.241. The number of allylic oxidation sites excluding steroid dienone is 1. The molecule has 4 rings (SSSR count).